The summed E-state index contributed by atoms with van der Waals surface area (Å²) >= 11 is 0. The Kier molecular flexibility index (Phi) is 4.39. The van der Waals surface area contributed by atoms with Crippen LogP contribution in [0.15, 0.2) is 37.1 Å². The Labute approximate surface area is 111 Å². The molecular weight excluding hydrogens is 242 g/mol. The van der Waals surface area contributed by atoms with Crippen LogP contribution in [0.5, 0.6) is 0 Å². The molecule has 0 aromatic carbocycles. The number of carbonyl (C=O) groups is 1. The second kappa shape index (κ2) is 6.44. The summed E-state index contributed by atoms with van der Waals surface area (Å²) in [7, 11) is 0. The van der Waals surface area contributed by atoms with Crippen LogP contribution in [0.3, 0.4) is 0 Å². The molecule has 1 amide bonds. The first-order chi connectivity index (χ1) is 9.31. The first-order valence-electron chi connectivity index (χ1n) is 6.06. The Hall–Kier alpha value is -2.50. The van der Waals surface area contributed by atoms with Crippen LogP contribution in [0.1, 0.15) is 23.7 Å². The van der Waals surface area contributed by atoms with E-state index in [9.17, 15) is 4.79 Å². The highest BCUT2D eigenvalue weighted by Gasteiger charge is 2.11. The molecule has 2 rings (SSSR count). The van der Waals surface area contributed by atoms with E-state index in [1.165, 1.54) is 18.6 Å². The van der Waals surface area contributed by atoms with E-state index in [0.29, 0.717) is 11.4 Å². The molecule has 0 spiro atoms. The van der Waals surface area contributed by atoms with Crippen LogP contribution in [-0.2, 0) is 0 Å². The lowest BCUT2D eigenvalue weighted by Crippen LogP contribution is -2.16. The van der Waals surface area contributed by atoms with Crippen molar-refractivity contribution >= 4 is 17.4 Å². The third-order valence-electron chi connectivity index (χ3n) is 2.44. The Balaban J connectivity index is 2.14. The number of aromatic nitrogens is 3. The van der Waals surface area contributed by atoms with Crippen LogP contribution in [0.4, 0.5) is 11.5 Å². The zero-order valence-electron chi connectivity index (χ0n) is 10.6. The number of anilines is 2. The van der Waals surface area contributed by atoms with Gasteiger partial charge in [-0.1, -0.05) is 6.92 Å². The summed E-state index contributed by atoms with van der Waals surface area (Å²) in [6, 6.07) is 1.78. The van der Waals surface area contributed by atoms with Crippen molar-refractivity contribution in [3.05, 3.63) is 42.6 Å². The second-order valence-corrected chi connectivity index (χ2v) is 3.89. The zero-order valence-corrected chi connectivity index (χ0v) is 10.6. The van der Waals surface area contributed by atoms with Gasteiger partial charge in [0.15, 0.2) is 5.82 Å². The fourth-order valence-corrected chi connectivity index (χ4v) is 1.54. The molecule has 2 heterocycles. The molecule has 2 aromatic heterocycles. The number of hydrogen-bond donors (Lipinski definition) is 2. The van der Waals surface area contributed by atoms with Gasteiger partial charge in [0.2, 0.25) is 0 Å². The minimum Gasteiger partial charge on any atom is -0.384 e. The van der Waals surface area contributed by atoms with Gasteiger partial charge in [0.1, 0.15) is 0 Å². The number of amides is 1. The second-order valence-electron chi connectivity index (χ2n) is 3.89. The van der Waals surface area contributed by atoms with E-state index in [1.54, 1.807) is 18.5 Å². The summed E-state index contributed by atoms with van der Waals surface area (Å²) in [5, 5.41) is 5.88. The maximum Gasteiger partial charge on any atom is 0.260 e. The van der Waals surface area contributed by atoms with E-state index in [4.69, 9.17) is 0 Å². The van der Waals surface area contributed by atoms with Crippen molar-refractivity contribution in [3.63, 3.8) is 0 Å². The standard InChI is InChI=1S/C13H15N5O/c1-2-4-16-11-3-5-14-8-10(11)13(19)18-12-9-15-6-7-17-12/h3,5-9H,2,4H2,1H3,(H,14,16)(H,17,18,19). The van der Waals surface area contributed by atoms with Crippen LogP contribution in [0, 0.1) is 0 Å². The Morgan fingerprint density at radius 3 is 2.79 bits per heavy atom. The number of nitrogens with zero attached hydrogens (tertiary/aromatic N) is 3. The first kappa shape index (κ1) is 12.9. The summed E-state index contributed by atoms with van der Waals surface area (Å²) < 4.78 is 0. The van der Waals surface area contributed by atoms with E-state index in [1.807, 2.05) is 0 Å². The molecule has 6 nitrogen and oxygen atoms in total. The zero-order chi connectivity index (χ0) is 13.5. The molecule has 0 saturated heterocycles. The fourth-order valence-electron chi connectivity index (χ4n) is 1.54. The van der Waals surface area contributed by atoms with Crippen LogP contribution in [0.2, 0.25) is 0 Å². The number of carbonyl (C=O) groups excluding carboxylic acids is 1. The van der Waals surface area contributed by atoms with Gasteiger partial charge < -0.3 is 10.6 Å². The van der Waals surface area contributed by atoms with Crippen molar-refractivity contribution in [2.24, 2.45) is 0 Å². The summed E-state index contributed by atoms with van der Waals surface area (Å²) in [5.41, 5.74) is 1.25. The molecule has 0 fully saturated rings. The van der Waals surface area contributed by atoms with E-state index < -0.39 is 0 Å². The van der Waals surface area contributed by atoms with Crippen molar-refractivity contribution in [2.45, 2.75) is 13.3 Å². The van der Waals surface area contributed by atoms with Gasteiger partial charge in [-0.2, -0.15) is 0 Å². The van der Waals surface area contributed by atoms with Crippen molar-refractivity contribution in [1.82, 2.24) is 15.0 Å². The van der Waals surface area contributed by atoms with Crippen LogP contribution >= 0.6 is 0 Å². The average Bonchev–Trinajstić information content (AvgIpc) is 2.46. The molecule has 2 aromatic rings. The van der Waals surface area contributed by atoms with Crippen molar-refractivity contribution in [3.8, 4) is 0 Å². The molecule has 0 aliphatic carbocycles. The van der Waals surface area contributed by atoms with Gasteiger partial charge in [-0.15, -0.1) is 0 Å². The van der Waals surface area contributed by atoms with E-state index >= 15 is 0 Å². The molecule has 6 heteroatoms. The molecule has 2 N–H and O–H groups in total. The number of rotatable bonds is 5. The Morgan fingerprint density at radius 2 is 2.05 bits per heavy atom. The smallest absolute Gasteiger partial charge is 0.260 e. The molecule has 0 aliphatic heterocycles. The number of nitrogens with one attached hydrogen (secondary N) is 2. The molecule has 0 bridgehead atoms. The summed E-state index contributed by atoms with van der Waals surface area (Å²) in [4.78, 5) is 24.0. The van der Waals surface area contributed by atoms with Crippen molar-refractivity contribution < 1.29 is 4.79 Å². The van der Waals surface area contributed by atoms with Crippen LogP contribution < -0.4 is 10.6 Å². The number of hydrogen-bond acceptors (Lipinski definition) is 5. The Bertz CT molecular complexity index is 544. The predicted molar refractivity (Wildman–Crippen MR) is 73.0 cm³/mol. The lowest BCUT2D eigenvalue weighted by Gasteiger charge is -2.10. The molecule has 98 valence electrons. The fraction of sp³-hybridized carbons (Fsp3) is 0.231. The van der Waals surface area contributed by atoms with Gasteiger partial charge >= 0.3 is 0 Å². The molecule has 0 aliphatic rings. The van der Waals surface area contributed by atoms with E-state index in [2.05, 4.69) is 32.5 Å². The molecule has 19 heavy (non-hydrogen) atoms. The van der Waals surface area contributed by atoms with Crippen molar-refractivity contribution in [1.29, 1.82) is 0 Å². The topological polar surface area (TPSA) is 79.8 Å². The van der Waals surface area contributed by atoms with Gasteiger partial charge in [0, 0.05) is 31.3 Å². The summed E-state index contributed by atoms with van der Waals surface area (Å²) in [6.07, 6.45) is 8.73. The molecule has 0 radical (unpaired) electrons. The lowest BCUT2D eigenvalue weighted by molar-refractivity contribution is 0.102. The normalized spacial score (nSPS) is 9.95. The quantitative estimate of drug-likeness (QED) is 0.855. The van der Waals surface area contributed by atoms with Gasteiger partial charge in [-0.3, -0.25) is 14.8 Å². The predicted octanol–water partition coefficient (Wildman–Crippen LogP) is 1.95. The van der Waals surface area contributed by atoms with Crippen molar-refractivity contribution in [2.75, 3.05) is 17.2 Å². The van der Waals surface area contributed by atoms with Crippen LogP contribution in [0.25, 0.3) is 0 Å². The largest absolute Gasteiger partial charge is 0.384 e. The average molecular weight is 257 g/mol. The maximum absolute atomic E-state index is 12.1. The lowest BCUT2D eigenvalue weighted by atomic mass is 10.2. The highest BCUT2D eigenvalue weighted by atomic mass is 16.1. The molecule has 0 unspecified atom stereocenters. The van der Waals surface area contributed by atoms with Gasteiger partial charge in [-0.05, 0) is 12.5 Å². The SMILES string of the molecule is CCCNc1ccncc1C(=O)Nc1cnccn1. The molecular formula is C13H15N5O. The van der Waals surface area contributed by atoms with E-state index in [-0.39, 0.29) is 5.91 Å². The molecule has 0 atom stereocenters. The van der Waals surface area contributed by atoms with Gasteiger partial charge in [-0.25, -0.2) is 4.98 Å². The van der Waals surface area contributed by atoms with E-state index in [0.717, 1.165) is 18.7 Å². The maximum atomic E-state index is 12.1. The van der Waals surface area contributed by atoms with Gasteiger partial charge in [0.25, 0.3) is 5.91 Å². The first-order valence-corrected chi connectivity index (χ1v) is 6.06. The molecule has 0 saturated carbocycles. The summed E-state index contributed by atoms with van der Waals surface area (Å²) in [6.45, 7) is 2.86. The monoisotopic (exact) mass is 257 g/mol. The minimum atomic E-state index is -0.257. The third-order valence-corrected chi connectivity index (χ3v) is 2.44. The van der Waals surface area contributed by atoms with Gasteiger partial charge in [0.05, 0.1) is 17.4 Å². The minimum absolute atomic E-state index is 0.257. The highest BCUT2D eigenvalue weighted by Crippen LogP contribution is 2.15. The summed E-state index contributed by atoms with van der Waals surface area (Å²) in [5.74, 6) is 0.157. The van der Waals surface area contributed by atoms with Crippen LogP contribution in [-0.4, -0.2) is 27.4 Å². The third kappa shape index (κ3) is 3.48. The Morgan fingerprint density at radius 1 is 1.21 bits per heavy atom. The highest BCUT2D eigenvalue weighted by molar-refractivity contribution is 6.07. The number of pyridine rings is 1.